The molecule has 0 aliphatic rings. The van der Waals surface area contributed by atoms with Crippen molar-refractivity contribution < 1.29 is 22.3 Å². The number of aromatic nitrogens is 1. The van der Waals surface area contributed by atoms with E-state index < -0.39 is 29.3 Å². The van der Waals surface area contributed by atoms with Crippen LogP contribution in [0.1, 0.15) is 46.6 Å². The van der Waals surface area contributed by atoms with E-state index >= 15 is 0 Å². The second kappa shape index (κ2) is 6.65. The van der Waals surface area contributed by atoms with Gasteiger partial charge in [0, 0.05) is 0 Å². The SMILES string of the molecule is CC(C)(C)CC(C)(C)c1ccc(Oc2c(F)c(F)nc(F)c2F)cc1. The van der Waals surface area contributed by atoms with Gasteiger partial charge in [0.2, 0.25) is 17.4 Å². The van der Waals surface area contributed by atoms with Gasteiger partial charge < -0.3 is 4.74 Å². The zero-order valence-corrected chi connectivity index (χ0v) is 14.9. The van der Waals surface area contributed by atoms with Crippen molar-refractivity contribution >= 4 is 0 Å². The first-order valence-corrected chi connectivity index (χ1v) is 7.89. The monoisotopic (exact) mass is 355 g/mol. The summed E-state index contributed by atoms with van der Waals surface area (Å²) >= 11 is 0. The fraction of sp³-hybridized carbons (Fsp3) is 0.421. The van der Waals surface area contributed by atoms with Crippen LogP contribution in [-0.2, 0) is 5.41 Å². The van der Waals surface area contributed by atoms with Crippen LogP contribution in [-0.4, -0.2) is 4.98 Å². The molecule has 0 aliphatic carbocycles. The fourth-order valence-corrected chi connectivity index (χ4v) is 3.08. The maximum atomic E-state index is 13.6. The van der Waals surface area contributed by atoms with Crippen LogP contribution in [0.5, 0.6) is 11.5 Å². The van der Waals surface area contributed by atoms with Gasteiger partial charge in [0.25, 0.3) is 11.9 Å². The smallest absolute Gasteiger partial charge is 0.255 e. The summed E-state index contributed by atoms with van der Waals surface area (Å²) < 4.78 is 58.5. The highest BCUT2D eigenvalue weighted by Gasteiger charge is 2.27. The van der Waals surface area contributed by atoms with E-state index in [9.17, 15) is 17.6 Å². The highest BCUT2D eigenvalue weighted by atomic mass is 19.2. The third-order valence-corrected chi connectivity index (χ3v) is 3.79. The molecule has 2 nitrogen and oxygen atoms in total. The van der Waals surface area contributed by atoms with Gasteiger partial charge in [-0.05, 0) is 34.9 Å². The third kappa shape index (κ3) is 4.50. The number of halogens is 4. The number of hydrogen-bond acceptors (Lipinski definition) is 2. The highest BCUT2D eigenvalue weighted by Crippen LogP contribution is 2.37. The number of pyridine rings is 1. The second-order valence-electron chi connectivity index (χ2n) is 7.90. The minimum absolute atomic E-state index is 0.0677. The maximum Gasteiger partial charge on any atom is 0.255 e. The normalized spacial score (nSPS) is 12.4. The molecule has 0 aliphatic heterocycles. The van der Waals surface area contributed by atoms with Crippen molar-refractivity contribution in [3.63, 3.8) is 0 Å². The molecule has 0 saturated carbocycles. The highest BCUT2D eigenvalue weighted by molar-refractivity contribution is 5.36. The molecule has 0 fully saturated rings. The Labute approximate surface area is 144 Å². The van der Waals surface area contributed by atoms with Gasteiger partial charge in [-0.2, -0.15) is 22.5 Å². The van der Waals surface area contributed by atoms with Crippen molar-refractivity contribution in [3.8, 4) is 11.5 Å². The minimum Gasteiger partial charge on any atom is -0.451 e. The summed E-state index contributed by atoms with van der Waals surface area (Å²) in [5.41, 5.74) is 1.02. The van der Waals surface area contributed by atoms with Crippen LogP contribution < -0.4 is 4.74 Å². The molecule has 0 bridgehead atoms. The summed E-state index contributed by atoms with van der Waals surface area (Å²) in [6.45, 7) is 10.6. The zero-order chi connectivity index (χ0) is 19.0. The molecule has 0 spiro atoms. The van der Waals surface area contributed by atoms with Gasteiger partial charge >= 0.3 is 0 Å². The van der Waals surface area contributed by atoms with Crippen molar-refractivity contribution in [2.24, 2.45) is 5.41 Å². The van der Waals surface area contributed by atoms with Crippen molar-refractivity contribution in [1.82, 2.24) is 4.98 Å². The average molecular weight is 355 g/mol. The number of nitrogens with zero attached hydrogens (tertiary/aromatic N) is 1. The molecule has 0 saturated heterocycles. The lowest BCUT2D eigenvalue weighted by molar-refractivity contribution is 0.284. The van der Waals surface area contributed by atoms with E-state index in [1.807, 2.05) is 0 Å². The van der Waals surface area contributed by atoms with Crippen LogP contribution in [0, 0.1) is 28.9 Å². The van der Waals surface area contributed by atoms with Gasteiger partial charge in [-0.1, -0.05) is 46.8 Å². The van der Waals surface area contributed by atoms with Gasteiger partial charge in [-0.25, -0.2) is 0 Å². The van der Waals surface area contributed by atoms with E-state index in [2.05, 4.69) is 39.6 Å². The quantitative estimate of drug-likeness (QED) is 0.485. The largest absolute Gasteiger partial charge is 0.451 e. The molecule has 0 N–H and O–H groups in total. The van der Waals surface area contributed by atoms with Gasteiger partial charge in [-0.15, -0.1) is 0 Å². The van der Waals surface area contributed by atoms with Crippen molar-refractivity contribution in [1.29, 1.82) is 0 Å². The first-order chi connectivity index (χ1) is 11.4. The zero-order valence-electron chi connectivity index (χ0n) is 14.9. The molecule has 1 aromatic heterocycles. The van der Waals surface area contributed by atoms with Crippen molar-refractivity contribution in [2.75, 3.05) is 0 Å². The van der Waals surface area contributed by atoms with Crippen molar-refractivity contribution in [2.45, 2.75) is 46.5 Å². The molecular formula is C19H21F4NO. The van der Waals surface area contributed by atoms with E-state index in [0.717, 1.165) is 12.0 Å². The summed E-state index contributed by atoms with van der Waals surface area (Å²) in [6, 6.07) is 6.55. The molecule has 0 atom stereocenters. The topological polar surface area (TPSA) is 22.1 Å². The average Bonchev–Trinajstić information content (AvgIpc) is 2.48. The Balaban J connectivity index is 2.28. The van der Waals surface area contributed by atoms with Gasteiger partial charge in [0.1, 0.15) is 5.75 Å². The maximum absolute atomic E-state index is 13.6. The summed E-state index contributed by atoms with van der Waals surface area (Å²) in [6.07, 6.45) is 0.921. The second-order valence-corrected chi connectivity index (χ2v) is 7.90. The molecule has 1 heterocycles. The Morgan fingerprint density at radius 3 is 1.76 bits per heavy atom. The molecule has 2 aromatic rings. The van der Waals surface area contributed by atoms with Crippen LogP contribution in [0.3, 0.4) is 0 Å². The molecule has 0 unspecified atom stereocenters. The molecule has 1 aromatic carbocycles. The van der Waals surface area contributed by atoms with Crippen molar-refractivity contribution in [3.05, 3.63) is 53.4 Å². The van der Waals surface area contributed by atoms with Gasteiger partial charge in [-0.3, -0.25) is 0 Å². The Kier molecular flexibility index (Phi) is 5.11. The molecular weight excluding hydrogens is 334 g/mol. The third-order valence-electron chi connectivity index (χ3n) is 3.79. The van der Waals surface area contributed by atoms with Crippen LogP contribution in [0.15, 0.2) is 24.3 Å². The fourth-order valence-electron chi connectivity index (χ4n) is 3.08. The van der Waals surface area contributed by atoms with E-state index in [1.165, 1.54) is 12.1 Å². The summed E-state index contributed by atoms with van der Waals surface area (Å²) in [5.74, 6) is -7.93. The van der Waals surface area contributed by atoms with E-state index in [-0.39, 0.29) is 16.6 Å². The predicted octanol–water partition coefficient (Wildman–Crippen LogP) is 6.14. The molecule has 2 rings (SSSR count). The van der Waals surface area contributed by atoms with Crippen LogP contribution >= 0.6 is 0 Å². The number of ether oxygens (including phenoxy) is 1. The predicted molar refractivity (Wildman–Crippen MR) is 87.7 cm³/mol. The van der Waals surface area contributed by atoms with Gasteiger partial charge in [0.15, 0.2) is 0 Å². The standard InChI is InChI=1S/C19H21F4NO/c1-18(2,3)10-19(4,5)11-6-8-12(9-7-11)25-15-13(20)16(22)24-17(23)14(15)21/h6-9H,10H2,1-5H3. The van der Waals surface area contributed by atoms with E-state index in [0.29, 0.717) is 0 Å². The van der Waals surface area contributed by atoms with Crippen LogP contribution in [0.25, 0.3) is 0 Å². The Morgan fingerprint density at radius 2 is 1.32 bits per heavy atom. The molecule has 6 heteroatoms. The number of rotatable bonds is 4. The molecule has 136 valence electrons. The Morgan fingerprint density at radius 1 is 0.840 bits per heavy atom. The van der Waals surface area contributed by atoms with Crippen LogP contribution in [0.2, 0.25) is 0 Å². The van der Waals surface area contributed by atoms with Crippen LogP contribution in [0.4, 0.5) is 17.6 Å². The Bertz CT molecular complexity index is 738. The Hall–Kier alpha value is -2.11. The number of hydrogen-bond donors (Lipinski definition) is 0. The lowest BCUT2D eigenvalue weighted by Crippen LogP contribution is -2.24. The van der Waals surface area contributed by atoms with E-state index in [1.54, 1.807) is 12.1 Å². The lowest BCUT2D eigenvalue weighted by atomic mass is 9.72. The van der Waals surface area contributed by atoms with E-state index in [4.69, 9.17) is 4.74 Å². The lowest BCUT2D eigenvalue weighted by Gasteiger charge is -2.33. The molecule has 0 radical (unpaired) electrons. The molecule has 0 amide bonds. The van der Waals surface area contributed by atoms with Gasteiger partial charge in [0.05, 0.1) is 0 Å². The number of benzene rings is 1. The first kappa shape index (κ1) is 19.2. The minimum atomic E-state index is -1.75. The summed E-state index contributed by atoms with van der Waals surface area (Å²) in [5, 5.41) is 0. The molecule has 25 heavy (non-hydrogen) atoms. The summed E-state index contributed by atoms with van der Waals surface area (Å²) in [4.78, 5) is 2.49. The summed E-state index contributed by atoms with van der Waals surface area (Å²) in [7, 11) is 0. The first-order valence-electron chi connectivity index (χ1n) is 7.89.